The molecule has 3 heterocycles. The number of aromatic nitrogens is 2. The third kappa shape index (κ3) is 3.19. The quantitative estimate of drug-likeness (QED) is 0.839. The second kappa shape index (κ2) is 6.82. The highest BCUT2D eigenvalue weighted by Gasteiger charge is 2.32. The molecule has 22 heavy (non-hydrogen) atoms. The molecule has 0 N–H and O–H groups in total. The second-order valence-corrected chi connectivity index (χ2v) is 6.84. The van der Waals surface area contributed by atoms with Crippen molar-refractivity contribution in [2.24, 2.45) is 7.05 Å². The van der Waals surface area contributed by atoms with Crippen LogP contribution in [0.25, 0.3) is 0 Å². The van der Waals surface area contributed by atoms with Crippen molar-refractivity contribution in [2.75, 3.05) is 26.7 Å². The summed E-state index contributed by atoms with van der Waals surface area (Å²) < 4.78 is 2.11. The van der Waals surface area contributed by atoms with Gasteiger partial charge in [0.25, 0.3) is 0 Å². The first-order valence-corrected chi connectivity index (χ1v) is 8.63. The number of carbonyl (C=O) groups excluding carboxylic acids is 1. The predicted octanol–water partition coefficient (Wildman–Crippen LogP) is 2.00. The van der Waals surface area contributed by atoms with E-state index in [9.17, 15) is 4.79 Å². The van der Waals surface area contributed by atoms with Crippen LogP contribution in [-0.4, -0.2) is 58.0 Å². The molecule has 3 rings (SSSR count). The van der Waals surface area contributed by atoms with Gasteiger partial charge in [-0.05, 0) is 39.3 Å². The molecule has 0 aliphatic carbocycles. The Morgan fingerprint density at radius 1 is 1.09 bits per heavy atom. The van der Waals surface area contributed by atoms with Gasteiger partial charge in [-0.3, -0.25) is 9.69 Å². The first-order valence-electron chi connectivity index (χ1n) is 8.63. The fourth-order valence-electron chi connectivity index (χ4n) is 3.90. The molecular formula is C17H28N4O. The highest BCUT2D eigenvalue weighted by atomic mass is 16.2. The van der Waals surface area contributed by atoms with Gasteiger partial charge < -0.3 is 9.47 Å². The molecule has 1 aromatic heterocycles. The molecule has 2 aliphatic rings. The number of rotatable bonds is 2. The molecule has 0 radical (unpaired) electrons. The Balaban J connectivity index is 1.58. The van der Waals surface area contributed by atoms with Crippen LogP contribution in [0.2, 0.25) is 0 Å². The van der Waals surface area contributed by atoms with Crippen molar-refractivity contribution < 1.29 is 4.79 Å². The van der Waals surface area contributed by atoms with E-state index >= 15 is 0 Å². The second-order valence-electron chi connectivity index (χ2n) is 6.84. The monoisotopic (exact) mass is 304 g/mol. The van der Waals surface area contributed by atoms with Crippen molar-refractivity contribution in [3.8, 4) is 0 Å². The van der Waals surface area contributed by atoms with E-state index in [-0.39, 0.29) is 6.04 Å². The van der Waals surface area contributed by atoms with E-state index in [0.29, 0.717) is 11.8 Å². The fraction of sp³-hybridized carbons (Fsp3) is 0.765. The third-order valence-corrected chi connectivity index (χ3v) is 5.34. The molecule has 0 aromatic carbocycles. The van der Waals surface area contributed by atoms with Crippen molar-refractivity contribution in [2.45, 2.75) is 50.5 Å². The van der Waals surface area contributed by atoms with E-state index in [1.807, 2.05) is 12.4 Å². The molecule has 1 unspecified atom stereocenters. The van der Waals surface area contributed by atoms with Crippen LogP contribution in [0.3, 0.4) is 0 Å². The van der Waals surface area contributed by atoms with Gasteiger partial charge in [-0.25, -0.2) is 4.98 Å². The molecule has 0 spiro atoms. The molecular weight excluding hydrogens is 276 g/mol. The number of hydrogen-bond donors (Lipinski definition) is 0. The minimum atomic E-state index is 0.104. The lowest BCUT2D eigenvalue weighted by molar-refractivity contribution is -0.137. The molecule has 2 fully saturated rings. The minimum Gasteiger partial charge on any atom is -0.341 e. The Hall–Kier alpha value is -1.36. The molecule has 5 heteroatoms. The van der Waals surface area contributed by atoms with Crippen molar-refractivity contribution in [3.63, 3.8) is 0 Å². The molecule has 2 aliphatic heterocycles. The summed E-state index contributed by atoms with van der Waals surface area (Å²) in [5, 5.41) is 0. The van der Waals surface area contributed by atoms with Crippen molar-refractivity contribution in [1.29, 1.82) is 0 Å². The lowest BCUT2D eigenvalue weighted by atomic mass is 9.95. The van der Waals surface area contributed by atoms with Gasteiger partial charge in [-0.15, -0.1) is 0 Å². The zero-order valence-electron chi connectivity index (χ0n) is 13.9. The largest absolute Gasteiger partial charge is 0.341 e. The molecule has 1 aromatic rings. The van der Waals surface area contributed by atoms with Gasteiger partial charge in [0.2, 0.25) is 5.91 Å². The average molecular weight is 304 g/mol. The average Bonchev–Trinajstić information content (AvgIpc) is 2.84. The Labute approximate surface area is 133 Å². The fourth-order valence-corrected chi connectivity index (χ4v) is 3.90. The summed E-state index contributed by atoms with van der Waals surface area (Å²) in [6, 6.07) is 0.104. The highest BCUT2D eigenvalue weighted by Crippen LogP contribution is 2.27. The van der Waals surface area contributed by atoms with E-state index in [1.54, 1.807) is 0 Å². The zero-order chi connectivity index (χ0) is 15.5. The van der Waals surface area contributed by atoms with Gasteiger partial charge in [0.15, 0.2) is 0 Å². The van der Waals surface area contributed by atoms with Crippen LogP contribution in [0.4, 0.5) is 0 Å². The zero-order valence-corrected chi connectivity index (χ0v) is 13.9. The van der Waals surface area contributed by atoms with Gasteiger partial charge in [-0.2, -0.15) is 0 Å². The number of likely N-dealkylation sites (N-methyl/N-ethyl adjacent to an activating group) is 1. The summed E-state index contributed by atoms with van der Waals surface area (Å²) in [7, 11) is 4.16. The number of nitrogens with zero attached hydrogens (tertiary/aromatic N) is 4. The molecule has 122 valence electrons. The number of hydrogen-bond acceptors (Lipinski definition) is 3. The third-order valence-electron chi connectivity index (χ3n) is 5.34. The smallest absolute Gasteiger partial charge is 0.239 e. The summed E-state index contributed by atoms with van der Waals surface area (Å²) in [6.07, 6.45) is 10.6. The van der Waals surface area contributed by atoms with Crippen molar-refractivity contribution >= 4 is 5.91 Å². The molecule has 2 saturated heterocycles. The number of aryl methyl sites for hydroxylation is 1. The molecule has 0 bridgehead atoms. The van der Waals surface area contributed by atoms with Gasteiger partial charge in [-0.1, -0.05) is 12.8 Å². The molecule has 5 nitrogen and oxygen atoms in total. The van der Waals surface area contributed by atoms with Crippen LogP contribution in [-0.2, 0) is 11.8 Å². The SMILES string of the molecule is CN1CCCCCC1C(=O)N1CCC(c2nccn2C)CC1. The van der Waals surface area contributed by atoms with Crippen LogP contribution in [0, 0.1) is 0 Å². The topological polar surface area (TPSA) is 41.4 Å². The van der Waals surface area contributed by atoms with E-state index in [1.165, 1.54) is 25.1 Å². The van der Waals surface area contributed by atoms with Crippen LogP contribution < -0.4 is 0 Å². The summed E-state index contributed by atoms with van der Waals surface area (Å²) in [5.41, 5.74) is 0. The van der Waals surface area contributed by atoms with E-state index in [0.717, 1.165) is 38.9 Å². The first-order chi connectivity index (χ1) is 10.7. The lowest BCUT2D eigenvalue weighted by Crippen LogP contribution is -2.49. The Morgan fingerprint density at radius 3 is 2.55 bits per heavy atom. The van der Waals surface area contributed by atoms with Crippen molar-refractivity contribution in [3.05, 3.63) is 18.2 Å². The van der Waals surface area contributed by atoms with Crippen molar-refractivity contribution in [1.82, 2.24) is 19.4 Å². The standard InChI is InChI=1S/C17H28N4O/c1-19-10-5-3-4-6-15(19)17(22)21-11-7-14(8-12-21)16-18-9-13-20(16)2/h9,13-15H,3-8,10-12H2,1-2H3. The summed E-state index contributed by atoms with van der Waals surface area (Å²) in [6.45, 7) is 2.81. The van der Waals surface area contributed by atoms with Gasteiger partial charge >= 0.3 is 0 Å². The van der Waals surface area contributed by atoms with E-state index in [4.69, 9.17) is 0 Å². The van der Waals surface area contributed by atoms with Crippen LogP contribution >= 0.6 is 0 Å². The highest BCUT2D eigenvalue weighted by molar-refractivity contribution is 5.82. The van der Waals surface area contributed by atoms with E-state index in [2.05, 4.69) is 33.4 Å². The predicted molar refractivity (Wildman–Crippen MR) is 86.6 cm³/mol. The van der Waals surface area contributed by atoms with Gasteiger partial charge in [0.1, 0.15) is 5.82 Å². The van der Waals surface area contributed by atoms with Crippen LogP contribution in [0.15, 0.2) is 12.4 Å². The summed E-state index contributed by atoms with van der Waals surface area (Å²) >= 11 is 0. The molecule has 1 amide bonds. The van der Waals surface area contributed by atoms with E-state index < -0.39 is 0 Å². The number of amides is 1. The van der Waals surface area contributed by atoms with Gasteiger partial charge in [0, 0.05) is 38.4 Å². The number of imidazole rings is 1. The normalized spacial score (nSPS) is 25.2. The number of carbonyl (C=O) groups is 1. The maximum atomic E-state index is 12.8. The lowest BCUT2D eigenvalue weighted by Gasteiger charge is -2.36. The Bertz CT molecular complexity index is 505. The Morgan fingerprint density at radius 2 is 1.86 bits per heavy atom. The maximum absolute atomic E-state index is 12.8. The summed E-state index contributed by atoms with van der Waals surface area (Å²) in [4.78, 5) is 21.7. The number of likely N-dealkylation sites (tertiary alicyclic amines) is 2. The Kier molecular flexibility index (Phi) is 4.81. The van der Waals surface area contributed by atoms with Crippen LogP contribution in [0.5, 0.6) is 0 Å². The molecule has 0 saturated carbocycles. The summed E-state index contributed by atoms with van der Waals surface area (Å²) in [5.74, 6) is 2.01. The minimum absolute atomic E-state index is 0.104. The first kappa shape index (κ1) is 15.5. The van der Waals surface area contributed by atoms with Gasteiger partial charge in [0.05, 0.1) is 6.04 Å². The van der Waals surface area contributed by atoms with Crippen LogP contribution in [0.1, 0.15) is 50.3 Å². The molecule has 1 atom stereocenters. The maximum Gasteiger partial charge on any atom is 0.239 e. The number of piperidine rings is 1.